The molecule has 7 nitrogen and oxygen atoms in total. The molecule has 2 heterocycles. The summed E-state index contributed by atoms with van der Waals surface area (Å²) in [6.07, 6.45) is 0.697. The highest BCUT2D eigenvalue weighted by atomic mass is 16.6. The van der Waals surface area contributed by atoms with Crippen LogP contribution in [0.5, 0.6) is 0 Å². The summed E-state index contributed by atoms with van der Waals surface area (Å²) in [4.78, 5) is 25.2. The van der Waals surface area contributed by atoms with Crippen LogP contribution in [0, 0.1) is 24.0 Å². The number of nitro benzene ring substituents is 1. The normalized spacial score (nSPS) is 12.9. The number of benzene rings is 2. The summed E-state index contributed by atoms with van der Waals surface area (Å²) in [5.41, 5.74) is 4.95. The molecule has 7 heteroatoms. The number of carbonyl (C=O) groups is 1. The van der Waals surface area contributed by atoms with Crippen LogP contribution < -0.4 is 4.90 Å². The van der Waals surface area contributed by atoms with Crippen LogP contribution in [0.25, 0.3) is 5.69 Å². The van der Waals surface area contributed by atoms with E-state index in [0.717, 1.165) is 22.6 Å². The average molecular weight is 362 g/mol. The van der Waals surface area contributed by atoms with Crippen molar-refractivity contribution in [2.75, 3.05) is 11.4 Å². The van der Waals surface area contributed by atoms with Crippen LogP contribution in [0.1, 0.15) is 27.3 Å². The Hall–Kier alpha value is -3.48. The number of anilines is 1. The van der Waals surface area contributed by atoms with Gasteiger partial charge in [-0.25, -0.2) is 4.68 Å². The van der Waals surface area contributed by atoms with Crippen molar-refractivity contribution in [3.05, 3.63) is 81.2 Å². The maximum absolute atomic E-state index is 12.9. The summed E-state index contributed by atoms with van der Waals surface area (Å²) in [7, 11) is 0. The van der Waals surface area contributed by atoms with Gasteiger partial charge in [-0.3, -0.25) is 14.9 Å². The van der Waals surface area contributed by atoms with E-state index in [1.54, 1.807) is 23.1 Å². The summed E-state index contributed by atoms with van der Waals surface area (Å²) < 4.78 is 1.83. The first-order chi connectivity index (χ1) is 12.9. The molecule has 4 rings (SSSR count). The van der Waals surface area contributed by atoms with Gasteiger partial charge >= 0.3 is 0 Å². The van der Waals surface area contributed by atoms with Crippen LogP contribution in [-0.2, 0) is 6.42 Å². The minimum atomic E-state index is -0.440. The number of amides is 1. The van der Waals surface area contributed by atoms with Crippen molar-refractivity contribution >= 4 is 17.3 Å². The van der Waals surface area contributed by atoms with Crippen LogP contribution in [0.15, 0.2) is 48.5 Å². The molecule has 1 aliphatic heterocycles. The summed E-state index contributed by atoms with van der Waals surface area (Å²) in [6, 6.07) is 13.9. The summed E-state index contributed by atoms with van der Waals surface area (Å²) in [5.74, 6) is -0.158. The number of aryl methyl sites for hydroxylation is 2. The topological polar surface area (TPSA) is 81.3 Å². The lowest BCUT2D eigenvalue weighted by Crippen LogP contribution is -2.28. The molecule has 0 radical (unpaired) electrons. The Bertz CT molecular complexity index is 1050. The lowest BCUT2D eigenvalue weighted by atomic mass is 10.1. The van der Waals surface area contributed by atoms with Gasteiger partial charge in [-0.05, 0) is 56.2 Å². The highest BCUT2D eigenvalue weighted by Crippen LogP contribution is 2.32. The zero-order chi connectivity index (χ0) is 19.1. The molecule has 0 aliphatic carbocycles. The molecule has 0 atom stereocenters. The third-order valence-electron chi connectivity index (χ3n) is 4.79. The van der Waals surface area contributed by atoms with Gasteiger partial charge in [0.1, 0.15) is 0 Å². The number of carbonyl (C=O) groups excluding carboxylic acids is 1. The molecule has 0 spiro atoms. The Kier molecular flexibility index (Phi) is 3.99. The molecule has 27 heavy (non-hydrogen) atoms. The van der Waals surface area contributed by atoms with E-state index in [9.17, 15) is 14.9 Å². The lowest BCUT2D eigenvalue weighted by molar-refractivity contribution is -0.384. The van der Waals surface area contributed by atoms with E-state index in [4.69, 9.17) is 0 Å². The van der Waals surface area contributed by atoms with Gasteiger partial charge in [0, 0.05) is 29.9 Å². The van der Waals surface area contributed by atoms with Crippen LogP contribution in [0.2, 0.25) is 0 Å². The van der Waals surface area contributed by atoms with Crippen LogP contribution >= 0.6 is 0 Å². The first-order valence-corrected chi connectivity index (χ1v) is 8.67. The fourth-order valence-corrected chi connectivity index (χ4v) is 3.48. The van der Waals surface area contributed by atoms with Gasteiger partial charge < -0.3 is 4.90 Å². The lowest BCUT2D eigenvalue weighted by Gasteiger charge is -2.17. The van der Waals surface area contributed by atoms with Crippen molar-refractivity contribution in [2.24, 2.45) is 0 Å². The van der Waals surface area contributed by atoms with Crippen molar-refractivity contribution in [3.63, 3.8) is 0 Å². The molecule has 0 fully saturated rings. The maximum Gasteiger partial charge on any atom is 0.271 e. The Morgan fingerprint density at radius 1 is 1.11 bits per heavy atom. The number of rotatable bonds is 3. The van der Waals surface area contributed by atoms with Crippen LogP contribution in [0.3, 0.4) is 0 Å². The van der Waals surface area contributed by atoms with E-state index in [1.807, 2.05) is 36.7 Å². The molecule has 0 bridgehead atoms. The summed E-state index contributed by atoms with van der Waals surface area (Å²) >= 11 is 0. The van der Waals surface area contributed by atoms with E-state index in [1.165, 1.54) is 12.1 Å². The Morgan fingerprint density at radius 2 is 1.85 bits per heavy atom. The molecule has 2 aromatic carbocycles. The van der Waals surface area contributed by atoms with Crippen molar-refractivity contribution in [3.8, 4) is 5.69 Å². The molecule has 0 unspecified atom stereocenters. The van der Waals surface area contributed by atoms with E-state index in [2.05, 4.69) is 5.10 Å². The van der Waals surface area contributed by atoms with Gasteiger partial charge in [0.05, 0.1) is 22.0 Å². The quantitative estimate of drug-likeness (QED) is 0.527. The largest absolute Gasteiger partial charge is 0.308 e. The zero-order valence-corrected chi connectivity index (χ0v) is 15.0. The van der Waals surface area contributed by atoms with Crippen molar-refractivity contribution in [1.82, 2.24) is 9.78 Å². The second-order valence-corrected chi connectivity index (χ2v) is 6.66. The van der Waals surface area contributed by atoms with E-state index in [0.29, 0.717) is 24.2 Å². The van der Waals surface area contributed by atoms with Crippen molar-refractivity contribution < 1.29 is 9.72 Å². The smallest absolute Gasteiger partial charge is 0.271 e. The second-order valence-electron chi connectivity index (χ2n) is 6.66. The molecule has 1 aliphatic rings. The maximum atomic E-state index is 12.9. The van der Waals surface area contributed by atoms with Crippen LogP contribution in [0.4, 0.5) is 11.4 Å². The van der Waals surface area contributed by atoms with Gasteiger partial charge in [-0.15, -0.1) is 0 Å². The summed E-state index contributed by atoms with van der Waals surface area (Å²) in [5, 5.41) is 15.5. The van der Waals surface area contributed by atoms with Crippen molar-refractivity contribution in [2.45, 2.75) is 20.3 Å². The highest BCUT2D eigenvalue weighted by molar-refractivity contribution is 6.07. The number of aromatic nitrogens is 2. The fraction of sp³-hybridized carbons (Fsp3) is 0.200. The number of nitrogens with zero attached hydrogens (tertiary/aromatic N) is 4. The molecular formula is C20H18N4O3. The zero-order valence-electron chi connectivity index (χ0n) is 15.0. The fourth-order valence-electron chi connectivity index (χ4n) is 3.48. The van der Waals surface area contributed by atoms with Crippen molar-refractivity contribution in [1.29, 1.82) is 0 Å². The first kappa shape index (κ1) is 17.0. The first-order valence-electron chi connectivity index (χ1n) is 8.67. The standard InChI is InChI=1S/C20H18N4O3/c1-13-11-14(2)23(21-13)17-6-4-16(5-7-17)20(25)22-10-9-15-3-8-18(24(26)27)12-19(15)22/h3-8,11-12H,9-10H2,1-2H3. The Labute approximate surface area is 156 Å². The number of hydrogen-bond donors (Lipinski definition) is 0. The average Bonchev–Trinajstić information content (AvgIpc) is 3.23. The predicted octanol–water partition coefficient (Wildman–Crippen LogP) is 3.60. The van der Waals surface area contributed by atoms with E-state index >= 15 is 0 Å². The Balaban J connectivity index is 1.62. The van der Waals surface area contributed by atoms with E-state index in [-0.39, 0.29) is 11.6 Å². The third-order valence-corrected chi connectivity index (χ3v) is 4.79. The molecule has 136 valence electrons. The number of hydrogen-bond acceptors (Lipinski definition) is 4. The molecule has 0 saturated carbocycles. The highest BCUT2D eigenvalue weighted by Gasteiger charge is 2.27. The minimum absolute atomic E-state index is 0.00618. The predicted molar refractivity (Wildman–Crippen MR) is 102 cm³/mol. The van der Waals surface area contributed by atoms with Gasteiger partial charge in [0.2, 0.25) is 0 Å². The molecule has 0 saturated heterocycles. The number of non-ortho nitro benzene ring substituents is 1. The molecule has 0 N–H and O–H groups in total. The summed E-state index contributed by atoms with van der Waals surface area (Å²) in [6.45, 7) is 4.44. The van der Waals surface area contributed by atoms with Gasteiger partial charge in [-0.1, -0.05) is 6.07 Å². The number of fused-ring (bicyclic) bond motifs is 1. The number of nitro groups is 1. The second kappa shape index (κ2) is 6.35. The monoisotopic (exact) mass is 362 g/mol. The SMILES string of the molecule is Cc1cc(C)n(-c2ccc(C(=O)N3CCc4ccc([N+](=O)[O-])cc43)cc2)n1. The molecule has 1 aromatic heterocycles. The molecule has 1 amide bonds. The Morgan fingerprint density at radius 3 is 2.48 bits per heavy atom. The third kappa shape index (κ3) is 2.97. The van der Waals surface area contributed by atoms with E-state index < -0.39 is 4.92 Å². The van der Waals surface area contributed by atoms with Gasteiger partial charge in [-0.2, -0.15) is 5.10 Å². The van der Waals surface area contributed by atoms with Crippen LogP contribution in [-0.4, -0.2) is 27.2 Å². The van der Waals surface area contributed by atoms with Gasteiger partial charge in [0.25, 0.3) is 11.6 Å². The minimum Gasteiger partial charge on any atom is -0.308 e. The van der Waals surface area contributed by atoms with Gasteiger partial charge in [0.15, 0.2) is 0 Å². The molecular weight excluding hydrogens is 344 g/mol. The molecule has 3 aromatic rings.